The van der Waals surface area contributed by atoms with E-state index in [1.54, 1.807) is 49.5 Å². The quantitative estimate of drug-likeness (QED) is 0.223. The highest BCUT2D eigenvalue weighted by molar-refractivity contribution is 5.96. The molecule has 0 fully saturated rings. The largest absolute Gasteiger partial charge is 0.497 e. The summed E-state index contributed by atoms with van der Waals surface area (Å²) in [6.07, 6.45) is -0.113. The lowest BCUT2D eigenvalue weighted by atomic mass is 9.77. The number of benzene rings is 3. The zero-order chi connectivity index (χ0) is 32.8. The molecule has 1 heterocycles. The Balaban J connectivity index is 1.57. The molecule has 11 nitrogen and oxygen atoms in total. The normalized spacial score (nSPS) is 19.7. The summed E-state index contributed by atoms with van der Waals surface area (Å²) in [7, 11) is 4.62. The second-order valence-electron chi connectivity index (χ2n) is 11.2. The summed E-state index contributed by atoms with van der Waals surface area (Å²) >= 11 is 0. The van der Waals surface area contributed by atoms with Crippen molar-refractivity contribution in [2.75, 3.05) is 41.0 Å². The number of nitrogens with zero attached hydrogens (tertiary/aromatic N) is 1. The summed E-state index contributed by atoms with van der Waals surface area (Å²) in [5, 5.41) is 34.0. The summed E-state index contributed by atoms with van der Waals surface area (Å²) in [5.74, 6) is 0.546. The molecule has 46 heavy (non-hydrogen) atoms. The molecular formula is C35H40N2O9. The maximum absolute atomic E-state index is 14.1. The Bertz CT molecular complexity index is 1580. The van der Waals surface area contributed by atoms with Gasteiger partial charge in [-0.1, -0.05) is 30.3 Å². The number of nitrogens with one attached hydrogen (secondary N) is 1. The number of fused-ring (bicyclic) bond motifs is 3. The summed E-state index contributed by atoms with van der Waals surface area (Å²) in [6.45, 7) is -0.335. The van der Waals surface area contributed by atoms with Crippen LogP contribution >= 0.6 is 0 Å². The van der Waals surface area contributed by atoms with Crippen LogP contribution in [0.2, 0.25) is 0 Å². The molecule has 0 radical (unpaired) electrons. The van der Waals surface area contributed by atoms with Crippen LogP contribution < -0.4 is 24.3 Å². The lowest BCUT2D eigenvalue weighted by Gasteiger charge is -2.41. The van der Waals surface area contributed by atoms with Crippen LogP contribution in [-0.2, 0) is 29.0 Å². The third-order valence-corrected chi connectivity index (χ3v) is 8.48. The number of ether oxygens (including phenoxy) is 4. The number of hydrogen-bond donors (Lipinski definition) is 4. The van der Waals surface area contributed by atoms with E-state index >= 15 is 0 Å². The Morgan fingerprint density at radius 3 is 2.37 bits per heavy atom. The number of carbonyl (C=O) groups is 2. The molecule has 0 saturated carbocycles. The van der Waals surface area contributed by atoms with Gasteiger partial charge in [-0.15, -0.1) is 0 Å². The number of rotatable bonds is 13. The minimum Gasteiger partial charge on any atom is -0.497 e. The highest BCUT2D eigenvalue weighted by atomic mass is 16.5. The number of carbonyl (C=O) groups excluding carboxylic acids is 2. The average Bonchev–Trinajstić information content (AvgIpc) is 3.48. The van der Waals surface area contributed by atoms with Gasteiger partial charge in [0.2, 0.25) is 11.8 Å². The van der Waals surface area contributed by atoms with Gasteiger partial charge >= 0.3 is 0 Å². The van der Waals surface area contributed by atoms with Crippen LogP contribution in [0.5, 0.6) is 23.0 Å². The molecule has 3 aromatic rings. The maximum Gasteiger partial charge on any atom is 0.247 e. The Morgan fingerprint density at radius 1 is 0.935 bits per heavy atom. The van der Waals surface area contributed by atoms with Crippen LogP contribution in [0.15, 0.2) is 72.3 Å². The highest BCUT2D eigenvalue weighted by Crippen LogP contribution is 2.51. The fourth-order valence-electron chi connectivity index (χ4n) is 6.25. The fourth-order valence-corrected chi connectivity index (χ4v) is 6.25. The van der Waals surface area contributed by atoms with Crippen molar-refractivity contribution in [2.24, 2.45) is 0 Å². The molecule has 1 aliphatic heterocycles. The summed E-state index contributed by atoms with van der Waals surface area (Å²) < 4.78 is 22.9. The molecule has 4 atom stereocenters. The Morgan fingerprint density at radius 2 is 1.70 bits per heavy atom. The van der Waals surface area contributed by atoms with Crippen molar-refractivity contribution in [1.29, 1.82) is 0 Å². The first kappa shape index (κ1) is 32.8. The molecular weight excluding hydrogens is 592 g/mol. The van der Waals surface area contributed by atoms with Crippen molar-refractivity contribution in [3.8, 4) is 23.0 Å². The lowest BCUT2D eigenvalue weighted by molar-refractivity contribution is -0.136. The van der Waals surface area contributed by atoms with Crippen LogP contribution in [0.25, 0.3) is 0 Å². The number of methoxy groups -OCH3 is 3. The van der Waals surface area contributed by atoms with Gasteiger partial charge in [0.05, 0.1) is 52.9 Å². The Kier molecular flexibility index (Phi) is 10.5. The van der Waals surface area contributed by atoms with Gasteiger partial charge in [-0.2, -0.15) is 0 Å². The van der Waals surface area contributed by atoms with E-state index in [1.165, 1.54) is 7.11 Å². The SMILES string of the molecule is COc1ccc(OC)c(CCN(C(=O)Cc2ccccc2)C2C=C(C(=O)NCCO)C3c4cc(CO)cc(OC)c4OC3C2O)c1. The molecule has 0 spiro atoms. The Labute approximate surface area is 268 Å². The van der Waals surface area contributed by atoms with Gasteiger partial charge in [-0.05, 0) is 59.5 Å². The van der Waals surface area contributed by atoms with Gasteiger partial charge in [0, 0.05) is 24.2 Å². The monoisotopic (exact) mass is 632 g/mol. The number of aliphatic hydroxyl groups is 3. The van der Waals surface area contributed by atoms with Crippen LogP contribution in [0.4, 0.5) is 0 Å². The van der Waals surface area contributed by atoms with Crippen LogP contribution in [0.3, 0.4) is 0 Å². The van der Waals surface area contributed by atoms with Crippen molar-refractivity contribution in [3.05, 3.63) is 94.6 Å². The van der Waals surface area contributed by atoms with E-state index < -0.39 is 30.1 Å². The smallest absolute Gasteiger partial charge is 0.247 e. The lowest BCUT2D eigenvalue weighted by Crippen LogP contribution is -2.56. The van der Waals surface area contributed by atoms with E-state index in [-0.39, 0.29) is 44.2 Å². The van der Waals surface area contributed by atoms with Crippen molar-refractivity contribution < 1.29 is 43.9 Å². The molecule has 1 aliphatic carbocycles. The fraction of sp³-hybridized carbons (Fsp3) is 0.371. The predicted molar refractivity (Wildman–Crippen MR) is 169 cm³/mol. The van der Waals surface area contributed by atoms with Gasteiger partial charge in [0.1, 0.15) is 23.7 Å². The topological polar surface area (TPSA) is 147 Å². The second kappa shape index (κ2) is 14.7. The average molecular weight is 633 g/mol. The molecule has 3 aromatic carbocycles. The van der Waals surface area contributed by atoms with E-state index in [2.05, 4.69) is 5.32 Å². The van der Waals surface area contributed by atoms with E-state index in [9.17, 15) is 24.9 Å². The van der Waals surface area contributed by atoms with Crippen molar-refractivity contribution in [2.45, 2.75) is 43.6 Å². The predicted octanol–water partition coefficient (Wildman–Crippen LogP) is 2.14. The number of hydrogen-bond acceptors (Lipinski definition) is 9. The summed E-state index contributed by atoms with van der Waals surface area (Å²) in [5.41, 5.74) is 3.02. The van der Waals surface area contributed by atoms with Gasteiger partial charge < -0.3 is 44.5 Å². The summed E-state index contributed by atoms with van der Waals surface area (Å²) in [6, 6.07) is 17.2. The minimum atomic E-state index is -1.24. The zero-order valence-corrected chi connectivity index (χ0v) is 26.1. The van der Waals surface area contributed by atoms with Crippen molar-refractivity contribution in [1.82, 2.24) is 10.2 Å². The summed E-state index contributed by atoms with van der Waals surface area (Å²) in [4.78, 5) is 29.3. The molecule has 2 aliphatic rings. The minimum absolute atomic E-state index is 0.0147. The van der Waals surface area contributed by atoms with Gasteiger partial charge in [0.25, 0.3) is 0 Å². The number of aliphatic hydroxyl groups excluding tert-OH is 3. The first-order valence-electron chi connectivity index (χ1n) is 15.1. The van der Waals surface area contributed by atoms with E-state index in [4.69, 9.17) is 18.9 Å². The standard InChI is InChI=1S/C35H40N2O9/c1-43-24-9-10-28(44-2)23(18-24)11-13-37(30(40)17-21-7-5-4-6-8-21)27-19-26(35(42)36-12-14-38)31-25-15-22(20-39)16-29(45-3)33(25)46-34(31)32(27)41/h4-10,15-16,18-19,27,31-32,34,38-39,41H,11-14,17,20H2,1-3H3,(H,36,42). The van der Waals surface area contributed by atoms with E-state index in [0.29, 0.717) is 40.5 Å². The molecule has 4 unspecified atom stereocenters. The molecule has 4 N–H and O–H groups in total. The highest BCUT2D eigenvalue weighted by Gasteiger charge is 2.51. The van der Waals surface area contributed by atoms with Gasteiger partial charge in [-0.3, -0.25) is 9.59 Å². The van der Waals surface area contributed by atoms with Gasteiger partial charge in [0.15, 0.2) is 11.5 Å². The van der Waals surface area contributed by atoms with Crippen molar-refractivity contribution >= 4 is 11.8 Å². The Hall–Kier alpha value is -4.58. The first-order chi connectivity index (χ1) is 22.3. The van der Waals surface area contributed by atoms with E-state index in [1.807, 2.05) is 36.4 Å². The molecule has 5 rings (SSSR count). The van der Waals surface area contributed by atoms with Gasteiger partial charge in [-0.25, -0.2) is 0 Å². The third-order valence-electron chi connectivity index (χ3n) is 8.48. The zero-order valence-electron chi connectivity index (χ0n) is 26.1. The molecule has 0 bridgehead atoms. The molecule has 244 valence electrons. The van der Waals surface area contributed by atoms with Crippen LogP contribution in [-0.4, -0.2) is 91.3 Å². The molecule has 0 saturated heterocycles. The number of amides is 2. The van der Waals surface area contributed by atoms with Crippen LogP contribution in [0.1, 0.15) is 28.2 Å². The third kappa shape index (κ3) is 6.67. The van der Waals surface area contributed by atoms with Crippen molar-refractivity contribution in [3.63, 3.8) is 0 Å². The maximum atomic E-state index is 14.1. The molecule has 0 aromatic heterocycles. The molecule has 2 amide bonds. The second-order valence-corrected chi connectivity index (χ2v) is 11.2. The van der Waals surface area contributed by atoms with E-state index in [0.717, 1.165) is 11.1 Å². The van der Waals surface area contributed by atoms with Crippen LogP contribution in [0, 0.1) is 0 Å². The molecule has 11 heteroatoms. The first-order valence-corrected chi connectivity index (χ1v) is 15.1.